The third-order valence-corrected chi connectivity index (χ3v) is 2.56. The normalized spacial score (nSPS) is 8.89. The minimum atomic E-state index is -1.27. The van der Waals surface area contributed by atoms with Crippen LogP contribution in [0.25, 0.3) is 0 Å². The van der Waals surface area contributed by atoms with Gasteiger partial charge in [-0.1, -0.05) is 0 Å². The molecule has 18 heavy (non-hydrogen) atoms. The number of carbonyl (C=O) groups is 1. The molecule has 0 aliphatic heterocycles. The van der Waals surface area contributed by atoms with E-state index >= 15 is 0 Å². The lowest BCUT2D eigenvalue weighted by atomic mass is 10.2. The number of nitrogens with one attached hydrogen (secondary N) is 1. The molecule has 0 radical (unpaired) electrons. The van der Waals surface area contributed by atoms with Gasteiger partial charge in [0.2, 0.25) is 0 Å². The van der Waals surface area contributed by atoms with Crippen molar-refractivity contribution in [2.24, 2.45) is 0 Å². The highest BCUT2D eigenvalue weighted by atomic mass is 79.9. The van der Waals surface area contributed by atoms with Crippen LogP contribution in [0.5, 0.6) is 0 Å². The standard InChI is InChI=1S/C11H5BrFN3O2/c12-8-2-10(16-5-6(3-14)4-15)9(13)1-7(8)11(17)18/h1-2,5,16H,(H,17,18). The number of halogens is 2. The van der Waals surface area contributed by atoms with E-state index in [-0.39, 0.29) is 21.3 Å². The number of carboxylic acid groups (broad SMARTS) is 1. The van der Waals surface area contributed by atoms with Gasteiger partial charge in [0, 0.05) is 10.7 Å². The number of hydrogen-bond acceptors (Lipinski definition) is 4. The van der Waals surface area contributed by atoms with Crippen molar-refractivity contribution in [3.05, 3.63) is 39.8 Å². The van der Waals surface area contributed by atoms with Gasteiger partial charge in [-0.15, -0.1) is 0 Å². The van der Waals surface area contributed by atoms with Gasteiger partial charge in [0.25, 0.3) is 0 Å². The molecule has 0 aliphatic rings. The smallest absolute Gasteiger partial charge is 0.336 e. The fraction of sp³-hybridized carbons (Fsp3) is 0. The summed E-state index contributed by atoms with van der Waals surface area (Å²) in [5, 5.41) is 28.1. The van der Waals surface area contributed by atoms with E-state index in [1.54, 1.807) is 12.1 Å². The zero-order valence-electron chi connectivity index (χ0n) is 8.74. The first-order valence-electron chi connectivity index (χ1n) is 4.48. The third-order valence-electron chi connectivity index (χ3n) is 1.90. The van der Waals surface area contributed by atoms with Gasteiger partial charge < -0.3 is 10.4 Å². The van der Waals surface area contributed by atoms with Gasteiger partial charge in [0.1, 0.15) is 23.5 Å². The monoisotopic (exact) mass is 309 g/mol. The van der Waals surface area contributed by atoms with Crippen LogP contribution in [0.2, 0.25) is 0 Å². The number of allylic oxidation sites excluding steroid dienone is 1. The molecule has 0 aromatic heterocycles. The lowest BCUT2D eigenvalue weighted by molar-refractivity contribution is 0.0695. The summed E-state index contributed by atoms with van der Waals surface area (Å²) in [7, 11) is 0. The molecule has 0 heterocycles. The zero-order valence-corrected chi connectivity index (χ0v) is 10.3. The Labute approximate surface area is 110 Å². The third kappa shape index (κ3) is 3.06. The number of carboxylic acids is 1. The molecule has 1 aromatic rings. The summed E-state index contributed by atoms with van der Waals surface area (Å²) < 4.78 is 13.7. The minimum absolute atomic E-state index is 0.0464. The summed E-state index contributed by atoms with van der Waals surface area (Å²) in [5.74, 6) is -2.07. The van der Waals surface area contributed by atoms with Crippen molar-refractivity contribution >= 4 is 27.6 Å². The van der Waals surface area contributed by atoms with Crippen LogP contribution < -0.4 is 5.32 Å². The molecule has 0 bridgehead atoms. The molecule has 1 rings (SSSR count). The Morgan fingerprint density at radius 1 is 1.44 bits per heavy atom. The average molecular weight is 310 g/mol. The molecule has 0 saturated heterocycles. The van der Waals surface area contributed by atoms with Gasteiger partial charge in [0.15, 0.2) is 0 Å². The highest BCUT2D eigenvalue weighted by Gasteiger charge is 2.13. The van der Waals surface area contributed by atoms with Crippen LogP contribution in [0.4, 0.5) is 10.1 Å². The molecule has 0 saturated carbocycles. The summed E-state index contributed by atoms with van der Waals surface area (Å²) in [6, 6.07) is 5.23. The lowest BCUT2D eigenvalue weighted by Gasteiger charge is -2.06. The highest BCUT2D eigenvalue weighted by Crippen LogP contribution is 2.25. The van der Waals surface area contributed by atoms with E-state index in [1.807, 2.05) is 0 Å². The molecule has 0 aliphatic carbocycles. The number of anilines is 1. The molecule has 0 unspecified atom stereocenters. The molecule has 1 aromatic carbocycles. The molecule has 0 fully saturated rings. The zero-order chi connectivity index (χ0) is 13.7. The molecule has 0 amide bonds. The van der Waals surface area contributed by atoms with Gasteiger partial charge in [-0.05, 0) is 28.1 Å². The Morgan fingerprint density at radius 2 is 2.06 bits per heavy atom. The van der Waals surface area contributed by atoms with Crippen LogP contribution in [0.3, 0.4) is 0 Å². The summed E-state index contributed by atoms with van der Waals surface area (Å²) in [6.07, 6.45) is 1.03. The second-order valence-electron chi connectivity index (χ2n) is 3.04. The second kappa shape index (κ2) is 5.80. The quantitative estimate of drug-likeness (QED) is 0.836. The first-order chi connectivity index (χ1) is 8.49. The number of nitrogens with zero attached hydrogens (tertiary/aromatic N) is 2. The fourth-order valence-corrected chi connectivity index (χ4v) is 1.57. The molecule has 90 valence electrons. The number of benzene rings is 1. The van der Waals surface area contributed by atoms with Crippen LogP contribution in [0.15, 0.2) is 28.4 Å². The van der Waals surface area contributed by atoms with E-state index in [1.165, 1.54) is 6.07 Å². The Bertz CT molecular complexity index is 598. The van der Waals surface area contributed by atoms with E-state index < -0.39 is 11.8 Å². The van der Waals surface area contributed by atoms with Crippen LogP contribution in [0, 0.1) is 28.5 Å². The Hall–Kier alpha value is -2.38. The Kier molecular flexibility index (Phi) is 4.41. The number of hydrogen-bond donors (Lipinski definition) is 2. The Morgan fingerprint density at radius 3 is 2.56 bits per heavy atom. The molecule has 2 N–H and O–H groups in total. The van der Waals surface area contributed by atoms with Crippen LogP contribution in [-0.2, 0) is 0 Å². The van der Waals surface area contributed by atoms with Crippen molar-refractivity contribution < 1.29 is 14.3 Å². The van der Waals surface area contributed by atoms with Crippen molar-refractivity contribution in [1.82, 2.24) is 0 Å². The minimum Gasteiger partial charge on any atom is -0.478 e. The predicted molar refractivity (Wildman–Crippen MR) is 64.0 cm³/mol. The Balaban J connectivity index is 3.11. The van der Waals surface area contributed by atoms with Gasteiger partial charge in [-0.3, -0.25) is 0 Å². The van der Waals surface area contributed by atoms with Crippen molar-refractivity contribution in [3.63, 3.8) is 0 Å². The van der Waals surface area contributed by atoms with Crippen molar-refractivity contribution in [2.45, 2.75) is 0 Å². The van der Waals surface area contributed by atoms with Gasteiger partial charge in [-0.2, -0.15) is 10.5 Å². The maximum atomic E-state index is 13.5. The average Bonchev–Trinajstić information content (AvgIpc) is 2.33. The molecule has 5 nitrogen and oxygen atoms in total. The first kappa shape index (κ1) is 13.7. The number of rotatable bonds is 3. The van der Waals surface area contributed by atoms with E-state index in [2.05, 4.69) is 21.2 Å². The fourth-order valence-electron chi connectivity index (χ4n) is 1.06. The van der Waals surface area contributed by atoms with Crippen molar-refractivity contribution in [1.29, 1.82) is 10.5 Å². The van der Waals surface area contributed by atoms with Gasteiger partial charge in [-0.25, -0.2) is 9.18 Å². The summed E-state index contributed by atoms with van der Waals surface area (Å²) in [4.78, 5) is 10.7. The summed E-state index contributed by atoms with van der Waals surface area (Å²) in [5.41, 5.74) is -0.495. The van der Waals surface area contributed by atoms with Gasteiger partial charge >= 0.3 is 5.97 Å². The molecule has 0 spiro atoms. The van der Waals surface area contributed by atoms with Crippen molar-refractivity contribution in [3.8, 4) is 12.1 Å². The number of aromatic carboxylic acids is 1. The summed E-state index contributed by atoms with van der Waals surface area (Å²) >= 11 is 2.98. The van der Waals surface area contributed by atoms with E-state index in [0.717, 1.165) is 12.3 Å². The molecular weight excluding hydrogens is 305 g/mol. The molecule has 7 heteroatoms. The molecular formula is C11H5BrFN3O2. The second-order valence-corrected chi connectivity index (χ2v) is 3.90. The van der Waals surface area contributed by atoms with Crippen LogP contribution in [-0.4, -0.2) is 11.1 Å². The lowest BCUT2D eigenvalue weighted by Crippen LogP contribution is -2.01. The SMILES string of the molecule is N#CC(C#N)=CNc1cc(Br)c(C(=O)O)cc1F. The van der Waals surface area contributed by atoms with E-state index in [4.69, 9.17) is 15.6 Å². The van der Waals surface area contributed by atoms with E-state index in [9.17, 15) is 9.18 Å². The van der Waals surface area contributed by atoms with Gasteiger partial charge in [0.05, 0.1) is 11.3 Å². The predicted octanol–water partition coefficient (Wildman–Crippen LogP) is 2.63. The van der Waals surface area contributed by atoms with Crippen LogP contribution in [0.1, 0.15) is 10.4 Å². The molecule has 0 atom stereocenters. The van der Waals surface area contributed by atoms with Crippen LogP contribution >= 0.6 is 15.9 Å². The summed E-state index contributed by atoms with van der Waals surface area (Å²) in [6.45, 7) is 0. The number of nitriles is 2. The maximum Gasteiger partial charge on any atom is 0.336 e. The maximum absolute atomic E-state index is 13.5. The highest BCUT2D eigenvalue weighted by molar-refractivity contribution is 9.10. The van der Waals surface area contributed by atoms with Crippen molar-refractivity contribution in [2.75, 3.05) is 5.32 Å². The topological polar surface area (TPSA) is 96.9 Å². The first-order valence-corrected chi connectivity index (χ1v) is 5.28. The van der Waals surface area contributed by atoms with E-state index in [0.29, 0.717) is 0 Å². The largest absolute Gasteiger partial charge is 0.478 e.